The first-order valence-corrected chi connectivity index (χ1v) is 7.15. The SMILES string of the molecule is CCn1c(C2CCCC2)c(N)c(=O)n1CC(C)C. The van der Waals surface area contributed by atoms with Crippen molar-refractivity contribution in [1.29, 1.82) is 0 Å². The summed E-state index contributed by atoms with van der Waals surface area (Å²) in [5.74, 6) is 0.949. The smallest absolute Gasteiger partial charge is 0.290 e. The van der Waals surface area contributed by atoms with Crippen LogP contribution < -0.4 is 11.3 Å². The number of hydrogen-bond acceptors (Lipinski definition) is 2. The molecule has 18 heavy (non-hydrogen) atoms. The average molecular weight is 251 g/mol. The fourth-order valence-electron chi connectivity index (χ4n) is 3.13. The van der Waals surface area contributed by atoms with E-state index in [4.69, 9.17) is 5.73 Å². The summed E-state index contributed by atoms with van der Waals surface area (Å²) in [5.41, 5.74) is 7.68. The summed E-state index contributed by atoms with van der Waals surface area (Å²) in [7, 11) is 0. The predicted molar refractivity (Wildman–Crippen MR) is 74.8 cm³/mol. The summed E-state index contributed by atoms with van der Waals surface area (Å²) < 4.78 is 3.96. The van der Waals surface area contributed by atoms with Crippen LogP contribution in [0.1, 0.15) is 58.1 Å². The third kappa shape index (κ3) is 2.20. The minimum absolute atomic E-state index is 0.00690. The molecule has 1 aromatic rings. The van der Waals surface area contributed by atoms with Crippen LogP contribution in [0.2, 0.25) is 0 Å². The van der Waals surface area contributed by atoms with Gasteiger partial charge in [0.1, 0.15) is 5.69 Å². The van der Waals surface area contributed by atoms with E-state index in [-0.39, 0.29) is 5.56 Å². The molecular formula is C14H25N3O. The second-order valence-electron chi connectivity index (χ2n) is 5.78. The van der Waals surface area contributed by atoms with Crippen LogP contribution in [0.15, 0.2) is 4.79 Å². The molecule has 0 aliphatic heterocycles. The lowest BCUT2D eigenvalue weighted by atomic mass is 10.0. The monoisotopic (exact) mass is 251 g/mol. The Morgan fingerprint density at radius 3 is 2.39 bits per heavy atom. The number of anilines is 1. The van der Waals surface area contributed by atoms with Crippen molar-refractivity contribution in [3.05, 3.63) is 16.0 Å². The highest BCUT2D eigenvalue weighted by molar-refractivity contribution is 5.44. The molecule has 0 saturated heterocycles. The van der Waals surface area contributed by atoms with Gasteiger partial charge in [-0.25, -0.2) is 4.68 Å². The third-order valence-corrected chi connectivity index (χ3v) is 3.89. The molecule has 0 unspecified atom stereocenters. The van der Waals surface area contributed by atoms with Crippen molar-refractivity contribution in [3.63, 3.8) is 0 Å². The summed E-state index contributed by atoms with van der Waals surface area (Å²) in [4.78, 5) is 12.3. The maximum atomic E-state index is 12.3. The van der Waals surface area contributed by atoms with Gasteiger partial charge in [0.25, 0.3) is 5.56 Å². The van der Waals surface area contributed by atoms with Crippen LogP contribution in [0.25, 0.3) is 0 Å². The van der Waals surface area contributed by atoms with Crippen molar-refractivity contribution in [2.24, 2.45) is 5.92 Å². The van der Waals surface area contributed by atoms with Gasteiger partial charge in [-0.3, -0.25) is 9.48 Å². The maximum Gasteiger partial charge on any atom is 0.290 e. The second kappa shape index (κ2) is 5.21. The molecular weight excluding hydrogens is 226 g/mol. The minimum Gasteiger partial charge on any atom is -0.393 e. The number of nitrogens with zero attached hydrogens (tertiary/aromatic N) is 2. The Bertz CT molecular complexity index is 464. The molecule has 0 radical (unpaired) electrons. The van der Waals surface area contributed by atoms with Crippen LogP contribution in [0, 0.1) is 5.92 Å². The van der Waals surface area contributed by atoms with Gasteiger partial charge in [0.15, 0.2) is 0 Å². The lowest BCUT2D eigenvalue weighted by molar-refractivity contribution is 0.382. The summed E-state index contributed by atoms with van der Waals surface area (Å²) in [6, 6.07) is 0. The standard InChI is InChI=1S/C14H25N3O/c1-4-16-13(11-7-5-6-8-11)12(15)14(18)17(16)9-10(2)3/h10-11H,4-9,15H2,1-3H3. The van der Waals surface area contributed by atoms with E-state index in [9.17, 15) is 4.79 Å². The van der Waals surface area contributed by atoms with E-state index < -0.39 is 0 Å². The van der Waals surface area contributed by atoms with Crippen LogP contribution >= 0.6 is 0 Å². The van der Waals surface area contributed by atoms with Crippen molar-refractivity contribution in [2.75, 3.05) is 5.73 Å². The largest absolute Gasteiger partial charge is 0.393 e. The van der Waals surface area contributed by atoms with E-state index >= 15 is 0 Å². The highest BCUT2D eigenvalue weighted by Gasteiger charge is 2.26. The first-order chi connectivity index (χ1) is 8.56. The number of aromatic nitrogens is 2. The molecule has 0 bridgehead atoms. The number of hydrogen-bond donors (Lipinski definition) is 1. The van der Waals surface area contributed by atoms with Gasteiger partial charge < -0.3 is 5.73 Å². The van der Waals surface area contributed by atoms with Crippen molar-refractivity contribution < 1.29 is 0 Å². The van der Waals surface area contributed by atoms with E-state index in [0.29, 0.717) is 17.5 Å². The first-order valence-electron chi connectivity index (χ1n) is 7.15. The third-order valence-electron chi connectivity index (χ3n) is 3.89. The molecule has 1 aliphatic rings. The number of nitrogen functional groups attached to an aromatic ring is 1. The molecule has 4 nitrogen and oxygen atoms in total. The molecule has 0 spiro atoms. The lowest BCUT2D eigenvalue weighted by Crippen LogP contribution is -2.26. The quantitative estimate of drug-likeness (QED) is 0.894. The Labute approximate surface area is 109 Å². The zero-order valence-corrected chi connectivity index (χ0v) is 11.8. The number of nitrogens with two attached hydrogens (primary N) is 1. The Morgan fingerprint density at radius 2 is 1.89 bits per heavy atom. The maximum absolute atomic E-state index is 12.3. The Balaban J connectivity index is 2.48. The molecule has 1 fully saturated rings. The van der Waals surface area contributed by atoms with Crippen LogP contribution in [-0.2, 0) is 13.1 Å². The van der Waals surface area contributed by atoms with E-state index in [1.807, 2.05) is 4.68 Å². The van der Waals surface area contributed by atoms with E-state index in [0.717, 1.165) is 18.8 Å². The molecule has 102 valence electrons. The molecule has 0 aromatic carbocycles. The van der Waals surface area contributed by atoms with Crippen molar-refractivity contribution in [2.45, 2.75) is 65.5 Å². The summed E-state index contributed by atoms with van der Waals surface area (Å²) in [6.07, 6.45) is 4.87. The lowest BCUT2D eigenvalue weighted by Gasteiger charge is -2.17. The van der Waals surface area contributed by atoms with E-state index in [1.54, 1.807) is 0 Å². The second-order valence-corrected chi connectivity index (χ2v) is 5.78. The van der Waals surface area contributed by atoms with Crippen LogP contribution in [0.4, 0.5) is 5.69 Å². The van der Waals surface area contributed by atoms with Gasteiger partial charge in [-0.1, -0.05) is 26.7 Å². The topological polar surface area (TPSA) is 52.9 Å². The summed E-state index contributed by atoms with van der Waals surface area (Å²) in [6.45, 7) is 7.93. The van der Waals surface area contributed by atoms with Gasteiger partial charge in [0, 0.05) is 19.0 Å². The normalized spacial score (nSPS) is 16.9. The molecule has 4 heteroatoms. The fraction of sp³-hybridized carbons (Fsp3) is 0.786. The molecule has 2 N–H and O–H groups in total. The molecule has 2 rings (SSSR count). The Morgan fingerprint density at radius 1 is 1.28 bits per heavy atom. The first kappa shape index (κ1) is 13.2. The van der Waals surface area contributed by atoms with E-state index in [2.05, 4.69) is 25.5 Å². The molecule has 0 atom stereocenters. The number of rotatable bonds is 4. The molecule has 1 aromatic heterocycles. The van der Waals surface area contributed by atoms with E-state index in [1.165, 1.54) is 25.7 Å². The predicted octanol–water partition coefficient (Wildman–Crippen LogP) is 2.57. The van der Waals surface area contributed by atoms with Gasteiger partial charge in [0.2, 0.25) is 0 Å². The van der Waals surface area contributed by atoms with Gasteiger partial charge in [0.05, 0.1) is 5.69 Å². The molecule has 0 amide bonds. The zero-order valence-electron chi connectivity index (χ0n) is 11.8. The van der Waals surface area contributed by atoms with Crippen LogP contribution in [0.3, 0.4) is 0 Å². The van der Waals surface area contributed by atoms with Crippen molar-refractivity contribution >= 4 is 5.69 Å². The van der Waals surface area contributed by atoms with Crippen LogP contribution in [-0.4, -0.2) is 9.36 Å². The van der Waals surface area contributed by atoms with Crippen molar-refractivity contribution in [1.82, 2.24) is 9.36 Å². The van der Waals surface area contributed by atoms with Gasteiger partial charge in [-0.2, -0.15) is 0 Å². The van der Waals surface area contributed by atoms with Gasteiger partial charge in [-0.15, -0.1) is 0 Å². The molecule has 1 aliphatic carbocycles. The highest BCUT2D eigenvalue weighted by Crippen LogP contribution is 2.36. The minimum atomic E-state index is 0.00690. The summed E-state index contributed by atoms with van der Waals surface area (Å²) >= 11 is 0. The summed E-state index contributed by atoms with van der Waals surface area (Å²) in [5, 5.41) is 0. The van der Waals surface area contributed by atoms with Gasteiger partial charge in [-0.05, 0) is 25.7 Å². The zero-order chi connectivity index (χ0) is 13.3. The fourth-order valence-corrected chi connectivity index (χ4v) is 3.13. The Kier molecular flexibility index (Phi) is 3.83. The molecule has 1 saturated carbocycles. The highest BCUT2D eigenvalue weighted by atomic mass is 16.1. The molecule has 1 heterocycles. The van der Waals surface area contributed by atoms with Gasteiger partial charge >= 0.3 is 0 Å². The van der Waals surface area contributed by atoms with Crippen molar-refractivity contribution in [3.8, 4) is 0 Å². The average Bonchev–Trinajstić information content (AvgIpc) is 2.90. The van der Waals surface area contributed by atoms with Crippen LogP contribution in [0.5, 0.6) is 0 Å². The Hall–Kier alpha value is -1.19.